The predicted molar refractivity (Wildman–Crippen MR) is 72.7 cm³/mol. The Bertz CT molecular complexity index is 425. The van der Waals surface area contributed by atoms with Crippen molar-refractivity contribution in [1.82, 2.24) is 0 Å². The molecule has 2 unspecified atom stereocenters. The molecule has 1 aliphatic heterocycles. The molecule has 1 aromatic rings. The molecule has 2 atom stereocenters. The smallest absolute Gasteiger partial charge is 0.227 e. The Morgan fingerprint density at radius 3 is 2.39 bits per heavy atom. The third-order valence-electron chi connectivity index (χ3n) is 3.87. The van der Waals surface area contributed by atoms with E-state index in [0.29, 0.717) is 12.3 Å². The number of benzene rings is 1. The molecule has 0 aliphatic carbocycles. The standard InChI is InChI=1S/C15H21NO2/c1-10(2)12-4-6-14(7-5-12)16-11(3)13(9-17)8-15(16)18/h4-7,10-11,13,17H,8-9H2,1-3H3. The Morgan fingerprint density at radius 2 is 1.94 bits per heavy atom. The van der Waals surface area contributed by atoms with E-state index in [2.05, 4.69) is 26.0 Å². The Kier molecular flexibility index (Phi) is 3.71. The van der Waals surface area contributed by atoms with Gasteiger partial charge in [-0.1, -0.05) is 26.0 Å². The van der Waals surface area contributed by atoms with Crippen LogP contribution in [0.15, 0.2) is 24.3 Å². The number of rotatable bonds is 3. The van der Waals surface area contributed by atoms with Gasteiger partial charge < -0.3 is 10.0 Å². The number of anilines is 1. The van der Waals surface area contributed by atoms with Crippen molar-refractivity contribution in [2.45, 2.75) is 39.2 Å². The van der Waals surface area contributed by atoms with Crippen molar-refractivity contribution in [3.63, 3.8) is 0 Å². The van der Waals surface area contributed by atoms with Crippen LogP contribution in [0.3, 0.4) is 0 Å². The van der Waals surface area contributed by atoms with Gasteiger partial charge in [-0.05, 0) is 30.5 Å². The monoisotopic (exact) mass is 247 g/mol. The van der Waals surface area contributed by atoms with Gasteiger partial charge in [0.25, 0.3) is 0 Å². The summed E-state index contributed by atoms with van der Waals surface area (Å²) < 4.78 is 0. The van der Waals surface area contributed by atoms with Gasteiger partial charge in [-0.25, -0.2) is 0 Å². The number of hydrogen-bond acceptors (Lipinski definition) is 2. The van der Waals surface area contributed by atoms with Crippen molar-refractivity contribution in [2.24, 2.45) is 5.92 Å². The molecule has 3 nitrogen and oxygen atoms in total. The fourth-order valence-electron chi connectivity index (χ4n) is 2.55. The maximum Gasteiger partial charge on any atom is 0.227 e. The molecule has 1 aliphatic rings. The van der Waals surface area contributed by atoms with Crippen molar-refractivity contribution >= 4 is 11.6 Å². The third kappa shape index (κ3) is 2.27. The van der Waals surface area contributed by atoms with Crippen molar-refractivity contribution in [3.05, 3.63) is 29.8 Å². The highest BCUT2D eigenvalue weighted by molar-refractivity contribution is 5.96. The molecule has 0 saturated carbocycles. The van der Waals surface area contributed by atoms with E-state index in [0.717, 1.165) is 5.69 Å². The fourth-order valence-corrected chi connectivity index (χ4v) is 2.55. The molecule has 0 bridgehead atoms. The van der Waals surface area contributed by atoms with Crippen LogP contribution in [0.4, 0.5) is 5.69 Å². The van der Waals surface area contributed by atoms with Crippen LogP contribution in [0.2, 0.25) is 0 Å². The van der Waals surface area contributed by atoms with E-state index in [-0.39, 0.29) is 24.5 Å². The first-order chi connectivity index (χ1) is 8.54. The quantitative estimate of drug-likeness (QED) is 0.891. The molecule has 1 heterocycles. The molecule has 18 heavy (non-hydrogen) atoms. The third-order valence-corrected chi connectivity index (χ3v) is 3.87. The lowest BCUT2D eigenvalue weighted by Gasteiger charge is -2.24. The molecule has 2 rings (SSSR count). The van der Waals surface area contributed by atoms with E-state index >= 15 is 0 Å². The summed E-state index contributed by atoms with van der Waals surface area (Å²) in [6.07, 6.45) is 0.448. The zero-order valence-corrected chi connectivity index (χ0v) is 11.3. The topological polar surface area (TPSA) is 40.5 Å². The lowest BCUT2D eigenvalue weighted by atomic mass is 10.0. The second-order valence-corrected chi connectivity index (χ2v) is 5.40. The molecule has 0 radical (unpaired) electrons. The van der Waals surface area contributed by atoms with Gasteiger partial charge in [-0.3, -0.25) is 4.79 Å². The summed E-state index contributed by atoms with van der Waals surface area (Å²) in [5, 5.41) is 9.26. The largest absolute Gasteiger partial charge is 0.396 e. The molecule has 1 amide bonds. The summed E-state index contributed by atoms with van der Waals surface area (Å²) in [5.41, 5.74) is 2.21. The molecule has 3 heteroatoms. The van der Waals surface area contributed by atoms with E-state index in [4.69, 9.17) is 0 Å². The fraction of sp³-hybridized carbons (Fsp3) is 0.533. The molecule has 1 saturated heterocycles. The van der Waals surface area contributed by atoms with Crippen LogP contribution in [0.5, 0.6) is 0 Å². The van der Waals surface area contributed by atoms with Crippen LogP contribution in [0.25, 0.3) is 0 Å². The average molecular weight is 247 g/mol. The van der Waals surface area contributed by atoms with Crippen molar-refractivity contribution in [1.29, 1.82) is 0 Å². The zero-order chi connectivity index (χ0) is 13.3. The lowest BCUT2D eigenvalue weighted by Crippen LogP contribution is -2.33. The normalized spacial score (nSPS) is 24.1. The maximum atomic E-state index is 12.0. The summed E-state index contributed by atoms with van der Waals surface area (Å²) >= 11 is 0. The Morgan fingerprint density at radius 1 is 1.33 bits per heavy atom. The number of aliphatic hydroxyl groups is 1. The molecule has 1 N–H and O–H groups in total. The summed E-state index contributed by atoms with van der Waals surface area (Å²) in [5.74, 6) is 0.664. The lowest BCUT2D eigenvalue weighted by molar-refractivity contribution is -0.117. The number of nitrogens with zero attached hydrogens (tertiary/aromatic N) is 1. The predicted octanol–water partition coefficient (Wildman–Crippen LogP) is 2.54. The van der Waals surface area contributed by atoms with Gasteiger partial charge in [-0.2, -0.15) is 0 Å². The highest BCUT2D eigenvalue weighted by Crippen LogP contribution is 2.31. The van der Waals surface area contributed by atoms with Gasteiger partial charge >= 0.3 is 0 Å². The molecule has 0 spiro atoms. The molecule has 1 aromatic carbocycles. The zero-order valence-electron chi connectivity index (χ0n) is 11.3. The van der Waals surface area contributed by atoms with Crippen LogP contribution >= 0.6 is 0 Å². The van der Waals surface area contributed by atoms with Crippen molar-refractivity contribution in [2.75, 3.05) is 11.5 Å². The summed E-state index contributed by atoms with van der Waals surface area (Å²) in [4.78, 5) is 13.8. The van der Waals surface area contributed by atoms with Crippen LogP contribution in [0, 0.1) is 5.92 Å². The van der Waals surface area contributed by atoms with Gasteiger partial charge in [-0.15, -0.1) is 0 Å². The van der Waals surface area contributed by atoms with Crippen molar-refractivity contribution < 1.29 is 9.90 Å². The summed E-state index contributed by atoms with van der Waals surface area (Å²) in [7, 11) is 0. The minimum Gasteiger partial charge on any atom is -0.396 e. The first-order valence-corrected chi connectivity index (χ1v) is 6.57. The van der Waals surface area contributed by atoms with E-state index in [1.165, 1.54) is 5.56 Å². The summed E-state index contributed by atoms with van der Waals surface area (Å²) in [6, 6.07) is 8.23. The van der Waals surface area contributed by atoms with Crippen LogP contribution in [-0.2, 0) is 4.79 Å². The molecule has 0 aromatic heterocycles. The molecular weight excluding hydrogens is 226 g/mol. The van der Waals surface area contributed by atoms with Crippen LogP contribution in [0.1, 0.15) is 38.7 Å². The summed E-state index contributed by atoms with van der Waals surface area (Å²) in [6.45, 7) is 6.39. The van der Waals surface area contributed by atoms with Gasteiger partial charge in [0.15, 0.2) is 0 Å². The van der Waals surface area contributed by atoms with Gasteiger partial charge in [0.2, 0.25) is 5.91 Å². The second-order valence-electron chi connectivity index (χ2n) is 5.40. The van der Waals surface area contributed by atoms with E-state index in [1.807, 2.05) is 24.0 Å². The highest BCUT2D eigenvalue weighted by Gasteiger charge is 2.37. The highest BCUT2D eigenvalue weighted by atomic mass is 16.3. The molecule has 98 valence electrons. The van der Waals surface area contributed by atoms with E-state index in [9.17, 15) is 9.90 Å². The number of hydrogen-bond donors (Lipinski definition) is 1. The second kappa shape index (κ2) is 5.11. The first kappa shape index (κ1) is 13.1. The first-order valence-electron chi connectivity index (χ1n) is 6.57. The van der Waals surface area contributed by atoms with E-state index in [1.54, 1.807) is 0 Å². The van der Waals surface area contributed by atoms with E-state index < -0.39 is 0 Å². The van der Waals surface area contributed by atoms with Crippen molar-refractivity contribution in [3.8, 4) is 0 Å². The molecule has 1 fully saturated rings. The number of aliphatic hydroxyl groups excluding tert-OH is 1. The molecular formula is C15H21NO2. The Balaban J connectivity index is 2.23. The maximum absolute atomic E-state index is 12.0. The van der Waals surface area contributed by atoms with Crippen LogP contribution in [-0.4, -0.2) is 23.7 Å². The minimum atomic E-state index is 0.0577. The van der Waals surface area contributed by atoms with Gasteiger partial charge in [0, 0.05) is 30.7 Å². The number of carbonyl (C=O) groups is 1. The number of amides is 1. The van der Waals surface area contributed by atoms with Crippen LogP contribution < -0.4 is 4.90 Å². The van der Waals surface area contributed by atoms with Gasteiger partial charge in [0.05, 0.1) is 0 Å². The minimum absolute atomic E-state index is 0.0577. The average Bonchev–Trinajstić information content (AvgIpc) is 2.64. The SMILES string of the molecule is CC(C)c1ccc(N2C(=O)CC(CO)C2C)cc1. The Hall–Kier alpha value is -1.35. The van der Waals surface area contributed by atoms with Gasteiger partial charge in [0.1, 0.15) is 0 Å². The Labute approximate surface area is 108 Å². The number of carbonyl (C=O) groups excluding carboxylic acids is 1.